The Bertz CT molecular complexity index is 1590. The maximum absolute atomic E-state index is 13.7. The van der Waals surface area contributed by atoms with Crippen LogP contribution in [0, 0.1) is 3.57 Å². The van der Waals surface area contributed by atoms with Crippen molar-refractivity contribution in [1.29, 1.82) is 0 Å². The molecular formula is C26H20IN3O2. The number of hydrogen-bond donors (Lipinski definition) is 0. The molecule has 0 unspecified atom stereocenters. The zero-order chi connectivity index (χ0) is 22.2. The highest BCUT2D eigenvalue weighted by Gasteiger charge is 2.19. The van der Waals surface area contributed by atoms with Crippen LogP contribution in [-0.2, 0) is 6.54 Å². The van der Waals surface area contributed by atoms with Crippen molar-refractivity contribution in [3.05, 3.63) is 103 Å². The van der Waals surface area contributed by atoms with Gasteiger partial charge in [0.05, 0.1) is 27.7 Å². The highest BCUT2D eigenvalue weighted by Crippen LogP contribution is 2.24. The molecule has 0 bridgehead atoms. The van der Waals surface area contributed by atoms with E-state index in [2.05, 4.69) is 22.6 Å². The van der Waals surface area contributed by atoms with Gasteiger partial charge >= 0.3 is 0 Å². The van der Waals surface area contributed by atoms with Crippen molar-refractivity contribution >= 4 is 44.4 Å². The molecule has 3 aromatic carbocycles. The van der Waals surface area contributed by atoms with Crippen molar-refractivity contribution in [3.63, 3.8) is 0 Å². The van der Waals surface area contributed by atoms with E-state index >= 15 is 0 Å². The number of halogens is 1. The Morgan fingerprint density at radius 1 is 0.875 bits per heavy atom. The van der Waals surface area contributed by atoms with Crippen LogP contribution in [0.1, 0.15) is 13.3 Å². The standard InChI is InChI=1S/C26H20IN3O2/c1-2-14-29-23-11-7-6-8-17(23)15-21(25(29)31)24-28-22-13-12-18(27)16-20(22)26(32)30(24)19-9-4-3-5-10-19/h3-13,15-16H,2,14H2,1H3. The zero-order valence-corrected chi connectivity index (χ0v) is 19.6. The highest BCUT2D eigenvalue weighted by molar-refractivity contribution is 14.1. The van der Waals surface area contributed by atoms with Crippen molar-refractivity contribution < 1.29 is 0 Å². The van der Waals surface area contributed by atoms with Gasteiger partial charge in [-0.25, -0.2) is 4.98 Å². The Morgan fingerprint density at radius 2 is 1.62 bits per heavy atom. The molecule has 2 aromatic heterocycles. The smallest absolute Gasteiger partial charge is 0.266 e. The highest BCUT2D eigenvalue weighted by atomic mass is 127. The Morgan fingerprint density at radius 3 is 2.41 bits per heavy atom. The van der Waals surface area contributed by atoms with E-state index in [0.717, 1.165) is 20.9 Å². The van der Waals surface area contributed by atoms with Crippen LogP contribution in [0.4, 0.5) is 0 Å². The number of pyridine rings is 1. The summed E-state index contributed by atoms with van der Waals surface area (Å²) in [6.45, 7) is 2.64. The molecule has 0 saturated heterocycles. The SMILES string of the molecule is CCCn1c(=O)c(-c2nc3ccc(I)cc3c(=O)n2-c2ccccc2)cc2ccccc21. The number of nitrogens with zero attached hydrogens (tertiary/aromatic N) is 3. The monoisotopic (exact) mass is 533 g/mol. The summed E-state index contributed by atoms with van der Waals surface area (Å²) >= 11 is 2.19. The number of aromatic nitrogens is 3. The van der Waals surface area contributed by atoms with Gasteiger partial charge in [0, 0.05) is 10.1 Å². The Hall–Kier alpha value is -3.26. The molecule has 0 saturated carbocycles. The molecular weight excluding hydrogens is 513 g/mol. The lowest BCUT2D eigenvalue weighted by Crippen LogP contribution is -2.27. The van der Waals surface area contributed by atoms with Crippen LogP contribution in [0.3, 0.4) is 0 Å². The second-order valence-corrected chi connectivity index (χ2v) is 8.89. The quantitative estimate of drug-likeness (QED) is 0.292. The maximum Gasteiger partial charge on any atom is 0.266 e. The van der Waals surface area contributed by atoms with E-state index in [1.807, 2.05) is 85.8 Å². The Kier molecular flexibility index (Phi) is 5.38. The number of benzene rings is 3. The fourth-order valence-corrected chi connectivity index (χ4v) is 4.58. The lowest BCUT2D eigenvalue weighted by Gasteiger charge is -2.16. The van der Waals surface area contributed by atoms with Crippen molar-refractivity contribution in [2.24, 2.45) is 0 Å². The van der Waals surface area contributed by atoms with Crippen molar-refractivity contribution in [2.45, 2.75) is 19.9 Å². The van der Waals surface area contributed by atoms with Gasteiger partial charge in [-0.2, -0.15) is 0 Å². The lowest BCUT2D eigenvalue weighted by atomic mass is 10.1. The topological polar surface area (TPSA) is 56.9 Å². The largest absolute Gasteiger partial charge is 0.308 e. The summed E-state index contributed by atoms with van der Waals surface area (Å²) in [5, 5.41) is 1.46. The van der Waals surface area contributed by atoms with Crippen LogP contribution < -0.4 is 11.1 Å². The molecule has 0 amide bonds. The van der Waals surface area contributed by atoms with Crippen LogP contribution >= 0.6 is 22.6 Å². The molecule has 158 valence electrons. The number of rotatable bonds is 4. The summed E-state index contributed by atoms with van der Waals surface area (Å²) < 4.78 is 4.29. The summed E-state index contributed by atoms with van der Waals surface area (Å²) in [7, 11) is 0. The number of hydrogen-bond acceptors (Lipinski definition) is 3. The summed E-state index contributed by atoms with van der Waals surface area (Å²) in [5.41, 5.74) is 2.21. The van der Waals surface area contributed by atoms with Gasteiger partial charge in [-0.3, -0.25) is 14.2 Å². The molecule has 5 nitrogen and oxygen atoms in total. The molecule has 0 spiro atoms. The van der Waals surface area contributed by atoms with Crippen LogP contribution in [0.25, 0.3) is 38.9 Å². The first-order chi connectivity index (χ1) is 15.6. The number of aryl methyl sites for hydroxylation is 1. The third kappa shape index (κ3) is 3.44. The van der Waals surface area contributed by atoms with Gasteiger partial charge < -0.3 is 4.57 Å². The molecule has 0 radical (unpaired) electrons. The molecule has 32 heavy (non-hydrogen) atoms. The predicted molar refractivity (Wildman–Crippen MR) is 138 cm³/mol. The summed E-state index contributed by atoms with van der Waals surface area (Å²) in [6.07, 6.45) is 0.822. The minimum atomic E-state index is -0.190. The Labute approximate surface area is 198 Å². The van der Waals surface area contributed by atoms with Gasteiger partial charge in [-0.05, 0) is 76.9 Å². The molecule has 5 aromatic rings. The lowest BCUT2D eigenvalue weighted by molar-refractivity contribution is 0.678. The summed E-state index contributed by atoms with van der Waals surface area (Å²) in [6, 6.07) is 24.6. The fraction of sp³-hybridized carbons (Fsp3) is 0.115. The maximum atomic E-state index is 13.7. The molecule has 0 aliphatic heterocycles. The van der Waals surface area contributed by atoms with E-state index in [1.165, 1.54) is 0 Å². The van der Waals surface area contributed by atoms with E-state index < -0.39 is 0 Å². The van der Waals surface area contributed by atoms with Crippen LogP contribution in [-0.4, -0.2) is 14.1 Å². The molecule has 5 rings (SSSR count). The zero-order valence-electron chi connectivity index (χ0n) is 17.5. The van der Waals surface area contributed by atoms with Gasteiger partial charge in [0.25, 0.3) is 11.1 Å². The van der Waals surface area contributed by atoms with E-state index in [-0.39, 0.29) is 11.1 Å². The van der Waals surface area contributed by atoms with Crippen molar-refractivity contribution in [1.82, 2.24) is 14.1 Å². The van der Waals surface area contributed by atoms with Crippen LogP contribution in [0.2, 0.25) is 0 Å². The van der Waals surface area contributed by atoms with E-state index in [4.69, 9.17) is 4.98 Å². The van der Waals surface area contributed by atoms with Crippen molar-refractivity contribution in [3.8, 4) is 17.1 Å². The van der Waals surface area contributed by atoms with Gasteiger partial charge in [0.15, 0.2) is 5.82 Å². The minimum Gasteiger partial charge on any atom is -0.308 e. The Balaban J connectivity index is 1.94. The van der Waals surface area contributed by atoms with Gasteiger partial charge in [0.2, 0.25) is 0 Å². The minimum absolute atomic E-state index is 0.146. The molecule has 0 aliphatic rings. The third-order valence-electron chi connectivity index (χ3n) is 5.54. The first kappa shape index (κ1) is 20.6. The second kappa shape index (κ2) is 8.35. The van der Waals surface area contributed by atoms with E-state index in [1.54, 1.807) is 9.13 Å². The average Bonchev–Trinajstić information content (AvgIpc) is 2.81. The first-order valence-electron chi connectivity index (χ1n) is 10.5. The molecule has 0 N–H and O–H groups in total. The number of fused-ring (bicyclic) bond motifs is 2. The van der Waals surface area contributed by atoms with E-state index in [9.17, 15) is 9.59 Å². The third-order valence-corrected chi connectivity index (χ3v) is 6.21. The molecule has 0 fully saturated rings. The molecule has 2 heterocycles. The predicted octanol–water partition coefficient (Wildman–Crippen LogP) is 5.38. The molecule has 0 aliphatic carbocycles. The molecule has 0 atom stereocenters. The second-order valence-electron chi connectivity index (χ2n) is 7.65. The average molecular weight is 533 g/mol. The van der Waals surface area contributed by atoms with Gasteiger partial charge in [-0.15, -0.1) is 0 Å². The first-order valence-corrected chi connectivity index (χ1v) is 11.6. The van der Waals surface area contributed by atoms with Gasteiger partial charge in [-0.1, -0.05) is 43.3 Å². The normalized spacial score (nSPS) is 11.3. The number of para-hydroxylation sites is 2. The van der Waals surface area contributed by atoms with Gasteiger partial charge in [0.1, 0.15) is 0 Å². The van der Waals surface area contributed by atoms with Crippen molar-refractivity contribution in [2.75, 3.05) is 0 Å². The summed E-state index contributed by atoms with van der Waals surface area (Å²) in [4.78, 5) is 32.2. The fourth-order valence-electron chi connectivity index (χ4n) is 4.09. The molecule has 6 heteroatoms. The summed E-state index contributed by atoms with van der Waals surface area (Å²) in [5.74, 6) is 0.357. The van der Waals surface area contributed by atoms with E-state index in [0.29, 0.717) is 34.5 Å². The van der Waals surface area contributed by atoms with Crippen LogP contribution in [0.15, 0.2) is 88.5 Å². The van der Waals surface area contributed by atoms with Crippen LogP contribution in [0.5, 0.6) is 0 Å².